The minimum Gasteiger partial charge on any atom is -0.463 e. The fraction of sp³-hybridized carbons (Fsp3) is 0.400. The molecule has 0 aliphatic heterocycles. The third kappa shape index (κ3) is 4.01. The summed E-state index contributed by atoms with van der Waals surface area (Å²) in [5.74, 6) is -0.237. The van der Waals surface area contributed by atoms with Crippen LogP contribution in [0.3, 0.4) is 0 Å². The van der Waals surface area contributed by atoms with E-state index in [4.69, 9.17) is 0 Å². The summed E-state index contributed by atoms with van der Waals surface area (Å²) < 4.78 is 56.6. The molecule has 0 unspecified atom stereocenters. The van der Waals surface area contributed by atoms with E-state index in [1.807, 2.05) is 0 Å². The van der Waals surface area contributed by atoms with Gasteiger partial charge in [0.2, 0.25) is 6.86 Å². The van der Waals surface area contributed by atoms with Crippen molar-refractivity contribution in [1.29, 1.82) is 0 Å². The fourth-order valence-electron chi connectivity index (χ4n) is 1.21. The number of benzene rings is 1. The summed E-state index contributed by atoms with van der Waals surface area (Å²) in [6.45, 7) is -1.05. The molecule has 0 atom stereocenters. The minimum absolute atomic E-state index is 0.130. The molecular formula is C10H11F4NO2. The number of alkyl halides is 4. The van der Waals surface area contributed by atoms with Gasteiger partial charge in [0, 0.05) is 20.2 Å². The molecule has 0 heterocycles. The molecule has 0 amide bonds. The highest BCUT2D eigenvalue weighted by atomic mass is 19.4. The van der Waals surface area contributed by atoms with Gasteiger partial charge in [-0.2, -0.15) is 0 Å². The van der Waals surface area contributed by atoms with Crippen molar-refractivity contribution < 1.29 is 27.0 Å². The predicted molar refractivity (Wildman–Crippen MR) is 54.1 cm³/mol. The van der Waals surface area contributed by atoms with Crippen molar-refractivity contribution in [3.05, 3.63) is 18.2 Å². The van der Waals surface area contributed by atoms with Crippen molar-refractivity contribution >= 4 is 5.69 Å². The first kappa shape index (κ1) is 13.4. The highest BCUT2D eigenvalue weighted by molar-refractivity contribution is 5.60. The average molecular weight is 253 g/mol. The second-order valence-electron chi connectivity index (χ2n) is 3.33. The van der Waals surface area contributed by atoms with Crippen molar-refractivity contribution in [1.82, 2.24) is 0 Å². The zero-order valence-electron chi connectivity index (χ0n) is 9.21. The van der Waals surface area contributed by atoms with Gasteiger partial charge in [-0.15, -0.1) is 13.2 Å². The van der Waals surface area contributed by atoms with E-state index in [2.05, 4.69) is 9.47 Å². The van der Waals surface area contributed by atoms with Gasteiger partial charge in [0.05, 0.1) is 5.69 Å². The molecule has 0 spiro atoms. The van der Waals surface area contributed by atoms with Crippen LogP contribution in [-0.2, 0) is 0 Å². The van der Waals surface area contributed by atoms with Crippen LogP contribution in [-0.4, -0.2) is 27.3 Å². The molecule has 0 N–H and O–H groups in total. The number of ether oxygens (including phenoxy) is 2. The van der Waals surface area contributed by atoms with Crippen LogP contribution < -0.4 is 14.4 Å². The second kappa shape index (κ2) is 5.11. The molecule has 0 fully saturated rings. The zero-order valence-corrected chi connectivity index (χ0v) is 9.21. The fourth-order valence-corrected chi connectivity index (χ4v) is 1.21. The van der Waals surface area contributed by atoms with E-state index in [0.29, 0.717) is 0 Å². The van der Waals surface area contributed by atoms with Crippen LogP contribution >= 0.6 is 0 Å². The molecule has 17 heavy (non-hydrogen) atoms. The summed E-state index contributed by atoms with van der Waals surface area (Å²) in [6.07, 6.45) is -4.77. The molecule has 96 valence electrons. The standard InChI is InChI=1S/C10H11F4NO2/c1-15(2)8-5-7(16-6-11)3-4-9(8)17-10(12,13)14/h3-5H,6H2,1-2H3. The summed E-state index contributed by atoms with van der Waals surface area (Å²) >= 11 is 0. The Kier molecular flexibility index (Phi) is 4.03. The zero-order chi connectivity index (χ0) is 13.1. The van der Waals surface area contributed by atoms with E-state index >= 15 is 0 Å². The van der Waals surface area contributed by atoms with Crippen LogP contribution in [0.1, 0.15) is 0 Å². The van der Waals surface area contributed by atoms with E-state index in [0.717, 1.165) is 6.07 Å². The smallest absolute Gasteiger partial charge is 0.463 e. The van der Waals surface area contributed by atoms with Crippen LogP contribution in [0.2, 0.25) is 0 Å². The molecule has 1 aromatic rings. The van der Waals surface area contributed by atoms with Crippen LogP contribution in [0, 0.1) is 0 Å². The molecule has 0 saturated carbocycles. The van der Waals surface area contributed by atoms with Crippen molar-refractivity contribution in [3.63, 3.8) is 0 Å². The van der Waals surface area contributed by atoms with E-state index < -0.39 is 13.2 Å². The monoisotopic (exact) mass is 253 g/mol. The van der Waals surface area contributed by atoms with E-state index in [1.165, 1.54) is 31.1 Å². The maximum Gasteiger partial charge on any atom is 0.573 e. The Labute approximate surface area is 95.5 Å². The van der Waals surface area contributed by atoms with Gasteiger partial charge in [0.15, 0.2) is 5.75 Å². The van der Waals surface area contributed by atoms with Gasteiger partial charge in [0.1, 0.15) is 5.75 Å². The Hall–Kier alpha value is -1.66. The first-order valence-electron chi connectivity index (χ1n) is 4.59. The summed E-state index contributed by atoms with van der Waals surface area (Å²) in [5.41, 5.74) is 0.147. The molecule has 1 rings (SSSR count). The van der Waals surface area contributed by atoms with Gasteiger partial charge < -0.3 is 14.4 Å². The molecule has 0 aliphatic rings. The quantitative estimate of drug-likeness (QED) is 0.770. The number of nitrogens with zero attached hydrogens (tertiary/aromatic N) is 1. The highest BCUT2D eigenvalue weighted by Gasteiger charge is 2.32. The van der Waals surface area contributed by atoms with Gasteiger partial charge in [-0.3, -0.25) is 0 Å². The van der Waals surface area contributed by atoms with Crippen molar-refractivity contribution in [3.8, 4) is 11.5 Å². The first-order chi connectivity index (χ1) is 7.83. The Morgan fingerprint density at radius 3 is 2.35 bits per heavy atom. The highest BCUT2D eigenvalue weighted by Crippen LogP contribution is 2.34. The van der Waals surface area contributed by atoms with Gasteiger partial charge in [-0.1, -0.05) is 0 Å². The van der Waals surface area contributed by atoms with Crippen molar-refractivity contribution in [2.45, 2.75) is 6.36 Å². The van der Waals surface area contributed by atoms with Crippen LogP contribution in [0.15, 0.2) is 18.2 Å². The maximum atomic E-state index is 12.1. The Balaban J connectivity index is 3.04. The van der Waals surface area contributed by atoms with E-state index in [-0.39, 0.29) is 17.2 Å². The largest absolute Gasteiger partial charge is 0.573 e. The lowest BCUT2D eigenvalue weighted by Gasteiger charge is -2.19. The molecule has 0 aromatic heterocycles. The third-order valence-corrected chi connectivity index (χ3v) is 1.86. The van der Waals surface area contributed by atoms with Gasteiger partial charge >= 0.3 is 6.36 Å². The number of anilines is 1. The minimum atomic E-state index is -4.77. The van der Waals surface area contributed by atoms with Crippen molar-refractivity contribution in [2.75, 3.05) is 25.9 Å². The van der Waals surface area contributed by atoms with Crippen LogP contribution in [0.25, 0.3) is 0 Å². The summed E-state index contributed by atoms with van der Waals surface area (Å²) in [6, 6.07) is 3.54. The van der Waals surface area contributed by atoms with Gasteiger partial charge in [-0.05, 0) is 12.1 Å². The molecule has 0 radical (unpaired) electrons. The molecular weight excluding hydrogens is 242 g/mol. The lowest BCUT2D eigenvalue weighted by molar-refractivity contribution is -0.274. The molecule has 7 heteroatoms. The molecule has 1 aromatic carbocycles. The number of halogens is 4. The summed E-state index contributed by atoms with van der Waals surface area (Å²) in [5, 5.41) is 0. The summed E-state index contributed by atoms with van der Waals surface area (Å²) in [7, 11) is 3.08. The Morgan fingerprint density at radius 2 is 1.88 bits per heavy atom. The van der Waals surface area contributed by atoms with Crippen molar-refractivity contribution in [2.24, 2.45) is 0 Å². The maximum absolute atomic E-state index is 12.1. The molecule has 0 aliphatic carbocycles. The van der Waals surface area contributed by atoms with Crippen LogP contribution in [0.5, 0.6) is 11.5 Å². The lowest BCUT2D eigenvalue weighted by Crippen LogP contribution is -2.20. The SMILES string of the molecule is CN(C)c1cc(OCF)ccc1OC(F)(F)F. The van der Waals surface area contributed by atoms with Gasteiger partial charge in [-0.25, -0.2) is 4.39 Å². The molecule has 0 saturated heterocycles. The summed E-state index contributed by atoms with van der Waals surface area (Å²) in [4.78, 5) is 1.41. The predicted octanol–water partition coefficient (Wildman–Crippen LogP) is 2.96. The topological polar surface area (TPSA) is 21.7 Å². The van der Waals surface area contributed by atoms with Crippen LogP contribution in [0.4, 0.5) is 23.2 Å². The Bertz CT molecular complexity index is 379. The Morgan fingerprint density at radius 1 is 1.24 bits per heavy atom. The van der Waals surface area contributed by atoms with Gasteiger partial charge in [0.25, 0.3) is 0 Å². The average Bonchev–Trinajstić information content (AvgIpc) is 2.18. The molecule has 0 bridgehead atoms. The number of hydrogen-bond donors (Lipinski definition) is 0. The third-order valence-electron chi connectivity index (χ3n) is 1.86. The molecule has 3 nitrogen and oxygen atoms in total. The second-order valence-corrected chi connectivity index (χ2v) is 3.33. The lowest BCUT2D eigenvalue weighted by atomic mass is 10.2. The number of hydrogen-bond acceptors (Lipinski definition) is 3. The normalized spacial score (nSPS) is 11.2. The number of rotatable bonds is 4. The van der Waals surface area contributed by atoms with E-state index in [9.17, 15) is 17.6 Å². The first-order valence-corrected chi connectivity index (χ1v) is 4.59. The van der Waals surface area contributed by atoms with E-state index in [1.54, 1.807) is 0 Å².